The molecule has 1 nitrogen and oxygen atoms in total. The zero-order valence-electron chi connectivity index (χ0n) is 10.3. The van der Waals surface area contributed by atoms with Gasteiger partial charge in [0.15, 0.2) is 0 Å². The van der Waals surface area contributed by atoms with Gasteiger partial charge in [0, 0.05) is 0 Å². The summed E-state index contributed by atoms with van der Waals surface area (Å²) in [4.78, 5) is 0. The first kappa shape index (κ1) is 16.2. The first-order valence-corrected chi connectivity index (χ1v) is 6.00. The summed E-state index contributed by atoms with van der Waals surface area (Å²) in [5, 5.41) is 0. The predicted molar refractivity (Wildman–Crippen MR) is 63.9 cm³/mol. The summed E-state index contributed by atoms with van der Waals surface area (Å²) in [5.74, 6) is 0. The molecule has 0 radical (unpaired) electrons. The standard InChI is InChI=1S/C13H21F3O/c1-2-3-4-5-6-7-8-9-10-11-17-12-13(14,15)16/h5-6,9-10H,2-4,7-8,11-12H2,1H3. The molecule has 4 heteroatoms. The Morgan fingerprint density at radius 2 is 1.53 bits per heavy atom. The second kappa shape index (κ2) is 10.4. The van der Waals surface area contributed by atoms with Crippen molar-refractivity contribution in [3.8, 4) is 0 Å². The fraction of sp³-hybridized carbons (Fsp3) is 0.692. The number of hydrogen-bond acceptors (Lipinski definition) is 1. The number of rotatable bonds is 9. The summed E-state index contributed by atoms with van der Waals surface area (Å²) in [6.07, 6.45) is 8.79. The van der Waals surface area contributed by atoms with Crippen LogP contribution < -0.4 is 0 Å². The van der Waals surface area contributed by atoms with Crippen molar-refractivity contribution in [3.05, 3.63) is 24.3 Å². The Morgan fingerprint density at radius 3 is 2.12 bits per heavy atom. The van der Waals surface area contributed by atoms with E-state index in [9.17, 15) is 13.2 Å². The molecular weight excluding hydrogens is 229 g/mol. The highest BCUT2D eigenvalue weighted by molar-refractivity contribution is 4.88. The molecule has 0 heterocycles. The van der Waals surface area contributed by atoms with Gasteiger partial charge in [0.05, 0.1) is 6.61 Å². The lowest BCUT2D eigenvalue weighted by molar-refractivity contribution is -0.171. The molecule has 0 spiro atoms. The molecule has 0 aliphatic carbocycles. The summed E-state index contributed by atoms with van der Waals surface area (Å²) < 4.78 is 39.5. The van der Waals surface area contributed by atoms with Crippen LogP contribution in [-0.4, -0.2) is 19.4 Å². The fourth-order valence-electron chi connectivity index (χ4n) is 1.18. The molecule has 0 amide bonds. The van der Waals surface area contributed by atoms with Crippen LogP contribution in [0, 0.1) is 0 Å². The van der Waals surface area contributed by atoms with Crippen molar-refractivity contribution in [3.63, 3.8) is 0 Å². The van der Waals surface area contributed by atoms with Gasteiger partial charge in [-0.15, -0.1) is 0 Å². The third-order valence-electron chi connectivity index (χ3n) is 2.04. The molecule has 0 aromatic carbocycles. The van der Waals surface area contributed by atoms with E-state index in [1.807, 2.05) is 6.08 Å². The Balaban J connectivity index is 3.28. The summed E-state index contributed by atoms with van der Waals surface area (Å²) >= 11 is 0. The van der Waals surface area contributed by atoms with E-state index in [1.54, 1.807) is 6.08 Å². The molecule has 0 rings (SSSR count). The minimum Gasteiger partial charge on any atom is -0.368 e. The van der Waals surface area contributed by atoms with Gasteiger partial charge in [-0.2, -0.15) is 13.2 Å². The Bertz CT molecular complexity index is 219. The van der Waals surface area contributed by atoms with Gasteiger partial charge in [0.2, 0.25) is 0 Å². The minimum atomic E-state index is -4.23. The molecule has 0 N–H and O–H groups in total. The van der Waals surface area contributed by atoms with Gasteiger partial charge < -0.3 is 4.74 Å². The molecule has 100 valence electrons. The van der Waals surface area contributed by atoms with E-state index < -0.39 is 12.8 Å². The van der Waals surface area contributed by atoms with Crippen LogP contribution in [0.3, 0.4) is 0 Å². The third-order valence-corrected chi connectivity index (χ3v) is 2.04. The van der Waals surface area contributed by atoms with E-state index >= 15 is 0 Å². The Hall–Kier alpha value is -0.770. The van der Waals surface area contributed by atoms with Crippen LogP contribution in [0.2, 0.25) is 0 Å². The van der Waals surface area contributed by atoms with Crippen LogP contribution in [0.1, 0.15) is 39.0 Å². The fourth-order valence-corrected chi connectivity index (χ4v) is 1.18. The summed E-state index contributed by atoms with van der Waals surface area (Å²) in [6, 6.07) is 0. The van der Waals surface area contributed by atoms with Crippen LogP contribution in [0.15, 0.2) is 24.3 Å². The maximum atomic E-state index is 11.7. The van der Waals surface area contributed by atoms with Gasteiger partial charge in [0.1, 0.15) is 6.61 Å². The Kier molecular flexibility index (Phi) is 9.92. The monoisotopic (exact) mass is 250 g/mol. The molecule has 0 saturated carbocycles. The topological polar surface area (TPSA) is 9.23 Å². The largest absolute Gasteiger partial charge is 0.411 e. The Labute approximate surface area is 101 Å². The molecule has 0 saturated heterocycles. The quantitative estimate of drug-likeness (QED) is 0.427. The molecule has 0 fully saturated rings. The van der Waals surface area contributed by atoms with Crippen LogP contribution in [0.5, 0.6) is 0 Å². The van der Waals surface area contributed by atoms with Crippen molar-refractivity contribution < 1.29 is 17.9 Å². The highest BCUT2D eigenvalue weighted by Crippen LogP contribution is 2.14. The van der Waals surface area contributed by atoms with Crippen LogP contribution in [0.4, 0.5) is 13.2 Å². The van der Waals surface area contributed by atoms with Crippen molar-refractivity contribution in [2.75, 3.05) is 13.2 Å². The zero-order valence-corrected chi connectivity index (χ0v) is 10.3. The summed E-state index contributed by atoms with van der Waals surface area (Å²) in [5.41, 5.74) is 0. The molecular formula is C13H21F3O. The Morgan fingerprint density at radius 1 is 0.941 bits per heavy atom. The molecule has 0 unspecified atom stereocenters. The number of hydrogen-bond donors (Lipinski definition) is 0. The van der Waals surface area contributed by atoms with Gasteiger partial charge in [-0.25, -0.2) is 0 Å². The zero-order chi connectivity index (χ0) is 13.0. The van der Waals surface area contributed by atoms with Crippen molar-refractivity contribution in [1.29, 1.82) is 0 Å². The lowest BCUT2D eigenvalue weighted by Crippen LogP contribution is -2.16. The molecule has 0 aromatic rings. The van der Waals surface area contributed by atoms with Gasteiger partial charge in [0.25, 0.3) is 0 Å². The highest BCUT2D eigenvalue weighted by atomic mass is 19.4. The average molecular weight is 250 g/mol. The summed E-state index contributed by atoms with van der Waals surface area (Å²) in [7, 11) is 0. The second-order valence-corrected chi connectivity index (χ2v) is 3.79. The third kappa shape index (κ3) is 15.2. The van der Waals surface area contributed by atoms with E-state index in [-0.39, 0.29) is 6.61 Å². The SMILES string of the molecule is CCCCC=CCCC=CCOCC(F)(F)F. The van der Waals surface area contributed by atoms with Gasteiger partial charge >= 0.3 is 6.18 Å². The van der Waals surface area contributed by atoms with E-state index in [0.29, 0.717) is 0 Å². The normalized spacial score (nSPS) is 12.9. The first-order chi connectivity index (χ1) is 8.06. The van der Waals surface area contributed by atoms with Gasteiger partial charge in [-0.05, 0) is 19.3 Å². The van der Waals surface area contributed by atoms with Crippen molar-refractivity contribution in [1.82, 2.24) is 0 Å². The number of ether oxygens (including phenoxy) is 1. The average Bonchev–Trinajstić information content (AvgIpc) is 2.24. The second-order valence-electron chi connectivity index (χ2n) is 3.79. The first-order valence-electron chi connectivity index (χ1n) is 6.00. The molecule has 0 bridgehead atoms. The molecule has 17 heavy (non-hydrogen) atoms. The summed E-state index contributed by atoms with van der Waals surface area (Å²) in [6.45, 7) is 1.00. The lowest BCUT2D eigenvalue weighted by atomic mass is 10.2. The number of unbranched alkanes of at least 4 members (excludes halogenated alkanes) is 3. The molecule has 0 aromatic heterocycles. The van der Waals surface area contributed by atoms with Crippen molar-refractivity contribution in [2.24, 2.45) is 0 Å². The van der Waals surface area contributed by atoms with Crippen LogP contribution in [-0.2, 0) is 4.74 Å². The van der Waals surface area contributed by atoms with E-state index in [2.05, 4.69) is 23.8 Å². The predicted octanol–water partition coefficient (Wildman–Crippen LogP) is 4.65. The van der Waals surface area contributed by atoms with Crippen molar-refractivity contribution >= 4 is 0 Å². The maximum Gasteiger partial charge on any atom is 0.411 e. The van der Waals surface area contributed by atoms with Crippen molar-refractivity contribution in [2.45, 2.75) is 45.2 Å². The van der Waals surface area contributed by atoms with Gasteiger partial charge in [-0.1, -0.05) is 44.1 Å². The van der Waals surface area contributed by atoms with Crippen LogP contribution in [0.25, 0.3) is 0 Å². The number of alkyl halides is 3. The molecule has 0 aliphatic rings. The number of allylic oxidation sites excluding steroid dienone is 3. The van der Waals surface area contributed by atoms with Gasteiger partial charge in [-0.3, -0.25) is 0 Å². The van der Waals surface area contributed by atoms with E-state index in [0.717, 1.165) is 19.3 Å². The number of halogens is 3. The highest BCUT2D eigenvalue weighted by Gasteiger charge is 2.26. The lowest BCUT2D eigenvalue weighted by Gasteiger charge is -2.04. The smallest absolute Gasteiger partial charge is 0.368 e. The minimum absolute atomic E-state index is 0.0268. The maximum absolute atomic E-state index is 11.7. The van der Waals surface area contributed by atoms with Crippen LogP contribution >= 0.6 is 0 Å². The molecule has 0 aliphatic heterocycles. The van der Waals surface area contributed by atoms with E-state index in [1.165, 1.54) is 12.8 Å². The molecule has 0 atom stereocenters. The van der Waals surface area contributed by atoms with E-state index in [4.69, 9.17) is 0 Å².